The molecule has 0 amide bonds. The molecule has 0 bridgehead atoms. The number of ether oxygens (including phenoxy) is 1. The van der Waals surface area contributed by atoms with Crippen molar-refractivity contribution in [3.8, 4) is 0 Å². The highest BCUT2D eigenvalue weighted by Gasteiger charge is 2.55. The average Bonchev–Trinajstić information content (AvgIpc) is 2.58. The second-order valence-electron chi connectivity index (χ2n) is 4.24. The summed E-state index contributed by atoms with van der Waals surface area (Å²) in [6.07, 6.45) is 4.28. The first-order valence-electron chi connectivity index (χ1n) is 4.45. The molecule has 0 spiro atoms. The van der Waals surface area contributed by atoms with Crippen LogP contribution in [0.1, 0.15) is 33.1 Å². The summed E-state index contributed by atoms with van der Waals surface area (Å²) in [6.45, 7) is 8.36. The van der Waals surface area contributed by atoms with E-state index in [1.165, 1.54) is 24.8 Å². The van der Waals surface area contributed by atoms with E-state index in [9.17, 15) is 0 Å². The second kappa shape index (κ2) is 2.10. The summed E-state index contributed by atoms with van der Waals surface area (Å²) >= 11 is 0. The molecule has 1 saturated carbocycles. The van der Waals surface area contributed by atoms with Crippen LogP contribution in [-0.4, -0.2) is 11.7 Å². The molecule has 0 N–H and O–H groups in total. The summed E-state index contributed by atoms with van der Waals surface area (Å²) < 4.78 is 5.60. The normalized spacial score (nSPS) is 48.2. The molecule has 0 aromatic heterocycles. The first kappa shape index (κ1) is 7.35. The van der Waals surface area contributed by atoms with Gasteiger partial charge < -0.3 is 4.74 Å². The number of epoxide rings is 1. The Morgan fingerprint density at radius 2 is 2.36 bits per heavy atom. The van der Waals surface area contributed by atoms with Gasteiger partial charge in [0.15, 0.2) is 0 Å². The van der Waals surface area contributed by atoms with E-state index >= 15 is 0 Å². The van der Waals surface area contributed by atoms with Crippen LogP contribution in [0.3, 0.4) is 0 Å². The predicted molar refractivity (Wildman–Crippen MR) is 45.4 cm³/mol. The lowest BCUT2D eigenvalue weighted by Crippen LogP contribution is -2.21. The molecule has 1 heteroatoms. The molecule has 1 aliphatic heterocycles. The monoisotopic (exact) mass is 152 g/mol. The van der Waals surface area contributed by atoms with Crippen LogP contribution >= 0.6 is 0 Å². The van der Waals surface area contributed by atoms with Gasteiger partial charge in [0.1, 0.15) is 0 Å². The third kappa shape index (κ3) is 1.12. The third-order valence-electron chi connectivity index (χ3n) is 3.22. The Morgan fingerprint density at radius 1 is 1.64 bits per heavy atom. The van der Waals surface area contributed by atoms with Crippen molar-refractivity contribution in [2.45, 2.75) is 44.8 Å². The molecule has 0 radical (unpaired) electrons. The zero-order valence-electron chi connectivity index (χ0n) is 7.39. The second-order valence-corrected chi connectivity index (χ2v) is 4.24. The van der Waals surface area contributed by atoms with Crippen LogP contribution in [0.4, 0.5) is 0 Å². The molecule has 2 rings (SSSR count). The quantitative estimate of drug-likeness (QED) is 0.415. The Balaban J connectivity index is 1.98. The van der Waals surface area contributed by atoms with E-state index in [1.807, 2.05) is 0 Å². The van der Waals surface area contributed by atoms with Gasteiger partial charge in [0, 0.05) is 0 Å². The van der Waals surface area contributed by atoms with Crippen molar-refractivity contribution >= 4 is 0 Å². The molecule has 0 aromatic rings. The Labute approximate surface area is 68.4 Å². The Morgan fingerprint density at radius 3 is 2.91 bits per heavy atom. The molecule has 1 aliphatic carbocycles. The van der Waals surface area contributed by atoms with Crippen LogP contribution in [-0.2, 0) is 4.74 Å². The van der Waals surface area contributed by atoms with E-state index in [0.717, 1.165) is 5.92 Å². The maximum absolute atomic E-state index is 5.60. The van der Waals surface area contributed by atoms with Gasteiger partial charge in [0.25, 0.3) is 0 Å². The number of hydrogen-bond acceptors (Lipinski definition) is 1. The van der Waals surface area contributed by atoms with Crippen LogP contribution in [0.25, 0.3) is 0 Å². The topological polar surface area (TPSA) is 12.5 Å². The molecule has 1 saturated heterocycles. The molecule has 11 heavy (non-hydrogen) atoms. The first-order chi connectivity index (χ1) is 5.12. The van der Waals surface area contributed by atoms with Crippen LogP contribution in [0.15, 0.2) is 12.2 Å². The summed E-state index contributed by atoms with van der Waals surface area (Å²) in [5, 5.41) is 0. The molecule has 3 atom stereocenters. The first-order valence-corrected chi connectivity index (χ1v) is 4.45. The lowest BCUT2D eigenvalue weighted by molar-refractivity contribution is 0.303. The molecular formula is C10H16O. The minimum absolute atomic E-state index is 0.270. The molecule has 62 valence electrons. The SMILES string of the molecule is C=C(C)C1CCC2(C)OC2C1. The zero-order valence-corrected chi connectivity index (χ0v) is 7.39. The number of allylic oxidation sites excluding steroid dienone is 1. The molecule has 0 aromatic carbocycles. The van der Waals surface area contributed by atoms with E-state index in [1.54, 1.807) is 0 Å². The maximum atomic E-state index is 5.60. The van der Waals surface area contributed by atoms with E-state index in [2.05, 4.69) is 20.4 Å². The lowest BCUT2D eigenvalue weighted by Gasteiger charge is -2.22. The minimum atomic E-state index is 0.270. The summed E-state index contributed by atoms with van der Waals surface area (Å²) in [4.78, 5) is 0. The predicted octanol–water partition coefficient (Wildman–Crippen LogP) is 2.52. The van der Waals surface area contributed by atoms with Gasteiger partial charge in [-0.1, -0.05) is 12.2 Å². The zero-order chi connectivity index (χ0) is 8.06. The standard InChI is InChI=1S/C10H16O/c1-7(2)8-4-5-10(3)9(6-8)11-10/h8-9H,1,4-6H2,2-3H3. The smallest absolute Gasteiger partial charge is 0.0920 e. The van der Waals surface area contributed by atoms with Gasteiger partial charge in [-0.2, -0.15) is 0 Å². The van der Waals surface area contributed by atoms with E-state index in [4.69, 9.17) is 4.74 Å². The number of fused-ring (bicyclic) bond motifs is 1. The average molecular weight is 152 g/mol. The third-order valence-corrected chi connectivity index (χ3v) is 3.22. The Bertz CT molecular complexity index is 197. The highest BCUT2D eigenvalue weighted by Crippen LogP contribution is 2.50. The molecule has 1 heterocycles. The van der Waals surface area contributed by atoms with Gasteiger partial charge in [-0.15, -0.1) is 0 Å². The van der Waals surface area contributed by atoms with Gasteiger partial charge >= 0.3 is 0 Å². The van der Waals surface area contributed by atoms with Gasteiger partial charge in [0.2, 0.25) is 0 Å². The summed E-state index contributed by atoms with van der Waals surface area (Å²) in [7, 11) is 0. The van der Waals surface area contributed by atoms with Crippen molar-refractivity contribution in [3.63, 3.8) is 0 Å². The maximum Gasteiger partial charge on any atom is 0.0920 e. The minimum Gasteiger partial charge on any atom is -0.366 e. The highest BCUT2D eigenvalue weighted by molar-refractivity contribution is 5.10. The van der Waals surface area contributed by atoms with Crippen molar-refractivity contribution in [2.75, 3.05) is 0 Å². The summed E-state index contributed by atoms with van der Waals surface area (Å²) in [6, 6.07) is 0. The van der Waals surface area contributed by atoms with Crippen molar-refractivity contribution < 1.29 is 4.74 Å². The lowest BCUT2D eigenvalue weighted by atomic mass is 9.80. The van der Waals surface area contributed by atoms with E-state index in [0.29, 0.717) is 6.10 Å². The van der Waals surface area contributed by atoms with Gasteiger partial charge in [-0.25, -0.2) is 0 Å². The van der Waals surface area contributed by atoms with Crippen molar-refractivity contribution in [1.82, 2.24) is 0 Å². The number of hydrogen-bond donors (Lipinski definition) is 0. The van der Waals surface area contributed by atoms with E-state index in [-0.39, 0.29) is 5.60 Å². The number of rotatable bonds is 1. The largest absolute Gasteiger partial charge is 0.366 e. The van der Waals surface area contributed by atoms with Crippen LogP contribution < -0.4 is 0 Å². The molecule has 3 unspecified atom stereocenters. The van der Waals surface area contributed by atoms with Crippen molar-refractivity contribution in [3.05, 3.63) is 12.2 Å². The van der Waals surface area contributed by atoms with Crippen LogP contribution in [0, 0.1) is 5.92 Å². The summed E-state index contributed by atoms with van der Waals surface area (Å²) in [5.74, 6) is 0.732. The van der Waals surface area contributed by atoms with Crippen molar-refractivity contribution in [1.29, 1.82) is 0 Å². The van der Waals surface area contributed by atoms with E-state index < -0.39 is 0 Å². The fourth-order valence-corrected chi connectivity index (χ4v) is 2.09. The fourth-order valence-electron chi connectivity index (χ4n) is 2.09. The van der Waals surface area contributed by atoms with Crippen LogP contribution in [0.5, 0.6) is 0 Å². The van der Waals surface area contributed by atoms with Gasteiger partial charge in [-0.3, -0.25) is 0 Å². The molecule has 2 aliphatic rings. The fraction of sp³-hybridized carbons (Fsp3) is 0.800. The van der Waals surface area contributed by atoms with Crippen molar-refractivity contribution in [2.24, 2.45) is 5.92 Å². The van der Waals surface area contributed by atoms with Crippen LogP contribution in [0.2, 0.25) is 0 Å². The van der Waals surface area contributed by atoms with Gasteiger partial charge in [0.05, 0.1) is 11.7 Å². The Hall–Kier alpha value is -0.300. The summed E-state index contributed by atoms with van der Waals surface area (Å²) in [5.41, 5.74) is 1.61. The molecule has 2 fully saturated rings. The molecule has 1 nitrogen and oxygen atoms in total. The van der Waals surface area contributed by atoms with Gasteiger partial charge in [-0.05, 0) is 39.0 Å². The highest BCUT2D eigenvalue weighted by atomic mass is 16.6. The Kier molecular flexibility index (Phi) is 1.40. The molecular weight excluding hydrogens is 136 g/mol.